The molecule has 1 aromatic carbocycles. The van der Waals surface area contributed by atoms with Crippen molar-refractivity contribution in [1.29, 1.82) is 0 Å². The first-order valence-corrected chi connectivity index (χ1v) is 9.45. The van der Waals surface area contributed by atoms with Gasteiger partial charge < -0.3 is 5.32 Å². The molecule has 0 radical (unpaired) electrons. The lowest BCUT2D eigenvalue weighted by Crippen LogP contribution is -2.38. The van der Waals surface area contributed by atoms with Crippen molar-refractivity contribution >= 4 is 27.4 Å². The molecule has 0 fully saturated rings. The van der Waals surface area contributed by atoms with E-state index in [2.05, 4.69) is 5.32 Å². The summed E-state index contributed by atoms with van der Waals surface area (Å²) in [5.41, 5.74) is 0.968. The minimum absolute atomic E-state index is 0.0987. The summed E-state index contributed by atoms with van der Waals surface area (Å²) in [6.45, 7) is 3.57. The van der Waals surface area contributed by atoms with Gasteiger partial charge in [-0.1, -0.05) is 31.9 Å². The number of carbonyl (C=O) groups is 2. The first-order valence-electron chi connectivity index (χ1n) is 7.60. The van der Waals surface area contributed by atoms with Crippen molar-refractivity contribution in [3.8, 4) is 0 Å². The van der Waals surface area contributed by atoms with Crippen LogP contribution in [-0.2, 0) is 14.8 Å². The maximum atomic E-state index is 12.1. The summed E-state index contributed by atoms with van der Waals surface area (Å²) in [5.74, 6) is -0.522. The third-order valence-corrected chi connectivity index (χ3v) is 4.60. The summed E-state index contributed by atoms with van der Waals surface area (Å²) in [6.07, 6.45) is 3.70. The van der Waals surface area contributed by atoms with Crippen LogP contribution in [0.15, 0.2) is 24.3 Å². The van der Waals surface area contributed by atoms with Crippen molar-refractivity contribution in [1.82, 2.24) is 4.31 Å². The van der Waals surface area contributed by atoms with E-state index in [0.29, 0.717) is 17.8 Å². The van der Waals surface area contributed by atoms with E-state index in [0.717, 1.165) is 25.5 Å². The zero-order valence-corrected chi connectivity index (χ0v) is 14.6. The molecule has 0 saturated carbocycles. The number of nitrogens with zero attached hydrogens (tertiary/aromatic N) is 1. The summed E-state index contributed by atoms with van der Waals surface area (Å²) in [6, 6.07) is 6.56. The smallest absolute Gasteiger partial charge is 0.239 e. The molecule has 0 saturated heterocycles. The molecule has 7 heteroatoms. The first-order chi connectivity index (χ1) is 10.7. The number of unbranched alkanes of at least 4 members (excludes halogenated alkanes) is 2. The molecule has 0 aliphatic heterocycles. The third-order valence-electron chi connectivity index (χ3n) is 3.35. The molecular weight excluding hydrogens is 316 g/mol. The van der Waals surface area contributed by atoms with Gasteiger partial charge in [0, 0.05) is 17.8 Å². The van der Waals surface area contributed by atoms with Crippen LogP contribution < -0.4 is 5.32 Å². The van der Waals surface area contributed by atoms with Gasteiger partial charge in [0.25, 0.3) is 0 Å². The first kappa shape index (κ1) is 19.3. The van der Waals surface area contributed by atoms with Crippen LogP contribution in [0.25, 0.3) is 0 Å². The summed E-state index contributed by atoms with van der Waals surface area (Å²) in [7, 11) is -3.44. The van der Waals surface area contributed by atoms with Gasteiger partial charge in [0.15, 0.2) is 5.78 Å². The van der Waals surface area contributed by atoms with Crippen molar-refractivity contribution < 1.29 is 18.0 Å². The van der Waals surface area contributed by atoms with Gasteiger partial charge in [-0.25, -0.2) is 8.42 Å². The van der Waals surface area contributed by atoms with Crippen LogP contribution in [0.3, 0.4) is 0 Å². The van der Waals surface area contributed by atoms with Crippen molar-refractivity contribution in [3.05, 3.63) is 29.8 Å². The molecule has 0 aromatic heterocycles. The molecule has 23 heavy (non-hydrogen) atoms. The van der Waals surface area contributed by atoms with Crippen LogP contribution in [-0.4, -0.2) is 43.8 Å². The maximum absolute atomic E-state index is 12.1. The Morgan fingerprint density at radius 1 is 1.22 bits per heavy atom. The molecule has 1 N–H and O–H groups in total. The van der Waals surface area contributed by atoms with E-state index < -0.39 is 15.9 Å². The number of ketones is 1. The highest BCUT2D eigenvalue weighted by atomic mass is 32.2. The Labute approximate surface area is 137 Å². The van der Waals surface area contributed by atoms with Crippen molar-refractivity contribution in [2.45, 2.75) is 33.1 Å². The molecule has 0 spiro atoms. The van der Waals surface area contributed by atoms with Crippen LogP contribution in [0.2, 0.25) is 0 Å². The molecule has 1 rings (SSSR count). The maximum Gasteiger partial charge on any atom is 0.239 e. The lowest BCUT2D eigenvalue weighted by Gasteiger charge is -2.19. The van der Waals surface area contributed by atoms with Crippen molar-refractivity contribution in [3.63, 3.8) is 0 Å². The monoisotopic (exact) mass is 340 g/mol. The number of amides is 1. The van der Waals surface area contributed by atoms with Gasteiger partial charge in [-0.05, 0) is 25.5 Å². The second-order valence-electron chi connectivity index (χ2n) is 5.49. The highest BCUT2D eigenvalue weighted by Crippen LogP contribution is 2.12. The van der Waals surface area contributed by atoms with Gasteiger partial charge in [-0.2, -0.15) is 4.31 Å². The average molecular weight is 340 g/mol. The number of carbonyl (C=O) groups excluding carboxylic acids is 2. The molecule has 0 heterocycles. The summed E-state index contributed by atoms with van der Waals surface area (Å²) in [5, 5.41) is 2.63. The molecule has 0 aliphatic carbocycles. The Hall–Kier alpha value is -1.73. The lowest BCUT2D eigenvalue weighted by atomic mass is 10.1. The van der Waals surface area contributed by atoms with E-state index in [9.17, 15) is 18.0 Å². The Morgan fingerprint density at radius 2 is 1.91 bits per heavy atom. The van der Waals surface area contributed by atoms with Crippen LogP contribution in [0.5, 0.6) is 0 Å². The fourth-order valence-corrected chi connectivity index (χ4v) is 2.89. The second kappa shape index (κ2) is 8.79. The number of Topliss-reactive ketones (excluding diaryl/α,β-unsaturated/α-hetero) is 1. The van der Waals surface area contributed by atoms with E-state index in [1.54, 1.807) is 24.3 Å². The second-order valence-corrected chi connectivity index (χ2v) is 7.47. The van der Waals surface area contributed by atoms with Crippen molar-refractivity contribution in [2.24, 2.45) is 0 Å². The third kappa shape index (κ3) is 6.92. The molecule has 0 aliphatic rings. The normalized spacial score (nSPS) is 11.5. The predicted molar refractivity (Wildman–Crippen MR) is 91.0 cm³/mol. The SMILES string of the molecule is CCCCCN(CC(=O)Nc1cccc(C(C)=O)c1)S(C)(=O)=O. The summed E-state index contributed by atoms with van der Waals surface area (Å²) >= 11 is 0. The van der Waals surface area contributed by atoms with Crippen molar-refractivity contribution in [2.75, 3.05) is 24.7 Å². The highest BCUT2D eigenvalue weighted by molar-refractivity contribution is 7.88. The van der Waals surface area contributed by atoms with Crippen LogP contribution in [0.4, 0.5) is 5.69 Å². The predicted octanol–water partition coefficient (Wildman–Crippen LogP) is 2.28. The van der Waals surface area contributed by atoms with Crippen LogP contribution >= 0.6 is 0 Å². The number of sulfonamides is 1. The lowest BCUT2D eigenvalue weighted by molar-refractivity contribution is -0.116. The highest BCUT2D eigenvalue weighted by Gasteiger charge is 2.19. The van der Waals surface area contributed by atoms with Crippen LogP contribution in [0, 0.1) is 0 Å². The molecule has 0 unspecified atom stereocenters. The minimum Gasteiger partial charge on any atom is -0.325 e. The largest absolute Gasteiger partial charge is 0.325 e. The summed E-state index contributed by atoms with van der Waals surface area (Å²) < 4.78 is 24.7. The molecular formula is C16H24N2O4S. The Bertz CT molecular complexity index is 656. The molecule has 1 aromatic rings. The Balaban J connectivity index is 2.72. The van der Waals surface area contributed by atoms with Gasteiger partial charge in [-0.15, -0.1) is 0 Å². The number of nitrogens with one attached hydrogen (secondary N) is 1. The minimum atomic E-state index is -3.44. The zero-order valence-electron chi connectivity index (χ0n) is 13.8. The topological polar surface area (TPSA) is 83.6 Å². The molecule has 6 nitrogen and oxygen atoms in total. The van der Waals surface area contributed by atoms with E-state index in [-0.39, 0.29) is 12.3 Å². The van der Waals surface area contributed by atoms with Gasteiger partial charge in [0.1, 0.15) is 0 Å². The fraction of sp³-hybridized carbons (Fsp3) is 0.500. The quantitative estimate of drug-likeness (QED) is 0.552. The van der Waals surface area contributed by atoms with E-state index in [1.807, 2.05) is 6.92 Å². The number of hydrogen-bond donors (Lipinski definition) is 1. The van der Waals surface area contributed by atoms with Crippen LogP contribution in [0.1, 0.15) is 43.5 Å². The average Bonchev–Trinajstić information content (AvgIpc) is 2.45. The molecule has 1 amide bonds. The van der Waals surface area contributed by atoms with Gasteiger partial charge >= 0.3 is 0 Å². The number of hydrogen-bond acceptors (Lipinski definition) is 4. The molecule has 0 bridgehead atoms. The van der Waals surface area contributed by atoms with E-state index in [1.165, 1.54) is 11.2 Å². The number of benzene rings is 1. The molecule has 128 valence electrons. The van der Waals surface area contributed by atoms with Gasteiger partial charge in [0.05, 0.1) is 12.8 Å². The van der Waals surface area contributed by atoms with E-state index in [4.69, 9.17) is 0 Å². The molecule has 0 atom stereocenters. The number of rotatable bonds is 9. The number of anilines is 1. The Morgan fingerprint density at radius 3 is 2.48 bits per heavy atom. The Kier molecular flexibility index (Phi) is 7.38. The standard InChI is InChI=1S/C16H24N2O4S/c1-4-5-6-10-18(23(3,21)22)12-16(20)17-15-9-7-8-14(11-15)13(2)19/h7-9,11H,4-6,10,12H2,1-3H3,(H,17,20). The van der Waals surface area contributed by atoms with Gasteiger partial charge in [0.2, 0.25) is 15.9 Å². The van der Waals surface area contributed by atoms with Gasteiger partial charge in [-0.3, -0.25) is 9.59 Å². The van der Waals surface area contributed by atoms with E-state index >= 15 is 0 Å². The fourth-order valence-electron chi connectivity index (χ4n) is 2.08. The zero-order chi connectivity index (χ0) is 17.5. The summed E-state index contributed by atoms with van der Waals surface area (Å²) in [4.78, 5) is 23.4.